The van der Waals surface area contributed by atoms with Gasteiger partial charge in [0.15, 0.2) is 0 Å². The Labute approximate surface area is 372 Å². The predicted molar refractivity (Wildman–Crippen MR) is 240 cm³/mol. The first-order valence-electron chi connectivity index (χ1n) is 21.6. The molecule has 5 atom stereocenters. The number of hydrogen-bond acceptors (Lipinski definition) is 10. The molecule has 2 fully saturated rings. The Morgan fingerprint density at radius 1 is 0.969 bits per heavy atom. The smallest absolute Gasteiger partial charge is 0.274 e. The molecule has 5 aromatic rings. The second-order valence-electron chi connectivity index (χ2n) is 17.5. The Morgan fingerprint density at radius 3 is 2.44 bits per heavy atom. The van der Waals surface area contributed by atoms with Crippen molar-refractivity contribution in [3.8, 4) is 28.4 Å². The van der Waals surface area contributed by atoms with Crippen LogP contribution in [0.15, 0.2) is 85.2 Å². The highest BCUT2D eigenvalue weighted by Gasteiger charge is 2.42. The van der Waals surface area contributed by atoms with Gasteiger partial charge in [-0.25, -0.2) is 9.37 Å². The minimum absolute atomic E-state index is 0.0520. The van der Waals surface area contributed by atoms with Crippen molar-refractivity contribution < 1.29 is 33.0 Å². The van der Waals surface area contributed by atoms with Crippen molar-refractivity contribution in [1.82, 2.24) is 40.5 Å². The maximum Gasteiger partial charge on any atom is 0.274 e. The third kappa shape index (κ3) is 10.4. The zero-order valence-corrected chi connectivity index (χ0v) is 37.1. The van der Waals surface area contributed by atoms with Crippen molar-refractivity contribution in [2.45, 2.75) is 71.2 Å². The van der Waals surface area contributed by atoms with E-state index in [0.29, 0.717) is 67.3 Å². The van der Waals surface area contributed by atoms with Gasteiger partial charge in [0.1, 0.15) is 36.8 Å². The lowest BCUT2D eigenvalue weighted by molar-refractivity contribution is -0.145. The predicted octanol–water partition coefficient (Wildman–Crippen LogP) is 5.71. The molecule has 4 N–H and O–H groups in total. The number of hydrogen-bond donors (Lipinski definition) is 4. The highest BCUT2D eigenvalue weighted by molar-refractivity contribution is 6.04. The average Bonchev–Trinajstić information content (AvgIpc) is 4.10. The first-order chi connectivity index (χ1) is 30.7. The van der Waals surface area contributed by atoms with Gasteiger partial charge < -0.3 is 35.2 Å². The number of carbonyl (C=O) groups excluding carboxylic acids is 4. The van der Waals surface area contributed by atoms with Crippen LogP contribution in [0, 0.1) is 11.3 Å². The van der Waals surface area contributed by atoms with Crippen molar-refractivity contribution in [2.75, 3.05) is 50.2 Å². The van der Waals surface area contributed by atoms with Gasteiger partial charge in [0.05, 0.1) is 42.0 Å². The Morgan fingerprint density at radius 2 is 1.77 bits per heavy atom. The maximum atomic E-state index is 14.4. The molecule has 2 aromatic carbocycles. The van der Waals surface area contributed by atoms with E-state index in [2.05, 4.69) is 48.1 Å². The van der Waals surface area contributed by atoms with E-state index < -0.39 is 42.0 Å². The molecule has 2 aliphatic rings. The van der Waals surface area contributed by atoms with Crippen LogP contribution in [-0.2, 0) is 26.2 Å². The summed E-state index contributed by atoms with van der Waals surface area (Å²) in [5.41, 5.74) is 4.70. The fourth-order valence-corrected chi connectivity index (χ4v) is 8.41. The SMILES string of the molecule is COc1cc(N2CC[C@@H](OCC(=O)N[C@H](C(=O)N3CCC[C@H]3C(=O)N[C@@H](CF)c3ccc(-c4ccnn4C)cc3)C(C)(C)C)[C@@H](C)C2)ccc1NC(=O)c1cccc(-c2ccn[nH]2)n1. The molecule has 2 saturated heterocycles. The molecule has 64 heavy (non-hydrogen) atoms. The number of alkyl halides is 1. The van der Waals surface area contributed by atoms with E-state index in [4.69, 9.17) is 9.47 Å². The number of nitrogens with zero attached hydrogens (tertiary/aromatic N) is 6. The second kappa shape index (κ2) is 19.8. The lowest BCUT2D eigenvalue weighted by Crippen LogP contribution is -2.58. The maximum absolute atomic E-state index is 14.4. The van der Waals surface area contributed by atoms with E-state index in [1.54, 1.807) is 66.6 Å². The van der Waals surface area contributed by atoms with Gasteiger partial charge in [0.25, 0.3) is 5.91 Å². The molecule has 2 aliphatic heterocycles. The number of pyridine rings is 1. The molecular formula is C47H57FN10O6. The van der Waals surface area contributed by atoms with E-state index in [1.165, 1.54) is 4.90 Å². The standard InChI is InChI=1S/C47H57FN10O6/c1-29-27-57(32-16-17-35(41(25-32)63-6)52-44(60)36-10-7-9-33(51-36)34-18-21-49-55-34)24-20-40(29)64-28-42(59)54-43(47(2,3)4)46(62)58-23-8-11-39(58)45(61)53-37(26-48)30-12-14-31(15-13-30)38-19-22-50-56(38)5/h7,9-10,12-19,21-22,25,29,37,39-40,43H,8,11,20,23-24,26-28H2,1-6H3,(H,49,55)(H,52,60)(H,53,61)(H,54,59)/t29-,37-,39-,40+,43+/m0/s1. The van der Waals surface area contributed by atoms with Gasteiger partial charge in [0, 0.05) is 50.8 Å². The number of methoxy groups -OCH3 is 1. The van der Waals surface area contributed by atoms with E-state index in [1.807, 2.05) is 58.2 Å². The summed E-state index contributed by atoms with van der Waals surface area (Å²) in [6, 6.07) is 19.1. The summed E-state index contributed by atoms with van der Waals surface area (Å²) in [5.74, 6) is -1.07. The zero-order valence-electron chi connectivity index (χ0n) is 37.1. The van der Waals surface area contributed by atoms with E-state index >= 15 is 0 Å². The number of likely N-dealkylation sites (tertiary alicyclic amines) is 1. The van der Waals surface area contributed by atoms with Gasteiger partial charge in [-0.2, -0.15) is 10.2 Å². The lowest BCUT2D eigenvalue weighted by atomic mass is 9.85. The van der Waals surface area contributed by atoms with E-state index in [0.717, 1.165) is 16.9 Å². The first-order valence-corrected chi connectivity index (χ1v) is 21.6. The molecule has 0 unspecified atom stereocenters. The minimum atomic E-state index is -0.932. The third-order valence-electron chi connectivity index (χ3n) is 12.0. The van der Waals surface area contributed by atoms with Crippen molar-refractivity contribution in [3.63, 3.8) is 0 Å². The van der Waals surface area contributed by atoms with Crippen LogP contribution >= 0.6 is 0 Å². The summed E-state index contributed by atoms with van der Waals surface area (Å²) in [7, 11) is 3.39. The number of aromatic amines is 1. The Balaban J connectivity index is 0.910. The number of amides is 4. The summed E-state index contributed by atoms with van der Waals surface area (Å²) in [5, 5.41) is 19.7. The first kappa shape index (κ1) is 45.4. The van der Waals surface area contributed by atoms with Gasteiger partial charge in [-0.3, -0.25) is 29.0 Å². The summed E-state index contributed by atoms with van der Waals surface area (Å²) in [6.07, 6.45) is 4.79. The number of aryl methyl sites for hydroxylation is 1. The van der Waals surface area contributed by atoms with Gasteiger partial charge in [-0.05, 0) is 78.1 Å². The van der Waals surface area contributed by atoms with Crippen molar-refractivity contribution in [2.24, 2.45) is 18.4 Å². The van der Waals surface area contributed by atoms with Crippen molar-refractivity contribution in [1.29, 1.82) is 0 Å². The molecular weight excluding hydrogens is 820 g/mol. The molecule has 16 nitrogen and oxygen atoms in total. The number of piperidine rings is 1. The number of ether oxygens (including phenoxy) is 2. The Bertz CT molecular complexity index is 2420. The highest BCUT2D eigenvalue weighted by Crippen LogP contribution is 2.33. The van der Waals surface area contributed by atoms with Crippen LogP contribution in [0.2, 0.25) is 0 Å². The van der Waals surface area contributed by atoms with Crippen LogP contribution in [0.1, 0.15) is 69.1 Å². The molecule has 338 valence electrons. The lowest BCUT2D eigenvalue weighted by Gasteiger charge is -2.38. The molecule has 4 amide bonds. The van der Waals surface area contributed by atoms with Crippen LogP contribution in [0.5, 0.6) is 5.75 Å². The number of carbonyl (C=O) groups is 4. The minimum Gasteiger partial charge on any atom is -0.494 e. The molecule has 7 rings (SSSR count). The summed E-state index contributed by atoms with van der Waals surface area (Å²) in [4.78, 5) is 62.7. The zero-order chi connectivity index (χ0) is 45.5. The van der Waals surface area contributed by atoms with E-state index in [9.17, 15) is 23.6 Å². The number of benzene rings is 2. The average molecular weight is 877 g/mol. The summed E-state index contributed by atoms with van der Waals surface area (Å²) in [6.45, 7) is 8.24. The number of H-pyrrole nitrogens is 1. The molecule has 0 spiro atoms. The molecule has 3 aromatic heterocycles. The third-order valence-corrected chi connectivity index (χ3v) is 12.0. The van der Waals surface area contributed by atoms with Gasteiger partial charge in [-0.1, -0.05) is 58.0 Å². The van der Waals surface area contributed by atoms with Crippen LogP contribution in [0.25, 0.3) is 22.6 Å². The number of aromatic nitrogens is 5. The quantitative estimate of drug-likeness (QED) is 0.101. The Hall–Kier alpha value is -6.62. The summed E-state index contributed by atoms with van der Waals surface area (Å²) >= 11 is 0. The number of nitrogens with one attached hydrogen (secondary N) is 4. The van der Waals surface area contributed by atoms with Gasteiger partial charge in [-0.15, -0.1) is 0 Å². The highest BCUT2D eigenvalue weighted by atomic mass is 19.1. The van der Waals surface area contributed by atoms with Crippen LogP contribution in [0.3, 0.4) is 0 Å². The Kier molecular flexibility index (Phi) is 14.1. The molecule has 0 bridgehead atoms. The molecule has 0 radical (unpaired) electrons. The van der Waals surface area contributed by atoms with Gasteiger partial charge >= 0.3 is 0 Å². The molecule has 5 heterocycles. The number of rotatable bonds is 15. The van der Waals surface area contributed by atoms with Crippen LogP contribution in [-0.4, -0.2) is 112 Å². The fourth-order valence-electron chi connectivity index (χ4n) is 8.41. The summed E-state index contributed by atoms with van der Waals surface area (Å²) < 4.78 is 28.0. The van der Waals surface area contributed by atoms with Gasteiger partial charge in [0.2, 0.25) is 17.7 Å². The largest absolute Gasteiger partial charge is 0.494 e. The molecule has 17 heteroatoms. The fraction of sp³-hybridized carbons (Fsp3) is 0.426. The molecule has 0 aliphatic carbocycles. The van der Waals surface area contributed by atoms with Crippen LogP contribution in [0.4, 0.5) is 15.8 Å². The monoisotopic (exact) mass is 876 g/mol. The topological polar surface area (TPSA) is 189 Å². The number of halogens is 1. The van der Waals surface area contributed by atoms with E-state index in [-0.39, 0.29) is 36.1 Å². The molecule has 0 saturated carbocycles. The van der Waals surface area contributed by atoms with Crippen molar-refractivity contribution >= 4 is 35.0 Å². The number of anilines is 2. The van der Waals surface area contributed by atoms with Crippen LogP contribution < -0.4 is 25.6 Å². The second-order valence-corrected chi connectivity index (χ2v) is 17.5. The normalized spacial score (nSPS) is 18.6. The van der Waals surface area contributed by atoms with Crippen molar-refractivity contribution in [3.05, 3.63) is 96.4 Å².